The lowest BCUT2D eigenvalue weighted by Crippen LogP contribution is -2.41. The topological polar surface area (TPSA) is 46.6 Å². The van der Waals surface area contributed by atoms with E-state index in [1.54, 1.807) is 24.3 Å². The molecule has 1 aliphatic rings. The Morgan fingerprint density at radius 1 is 1.00 bits per heavy atom. The molecule has 2 rings (SSSR count). The van der Waals surface area contributed by atoms with Crippen LogP contribution in [0.5, 0.6) is 0 Å². The van der Waals surface area contributed by atoms with Crippen LogP contribution in [0.3, 0.4) is 0 Å². The summed E-state index contributed by atoms with van der Waals surface area (Å²) in [4.78, 5) is 25.8. The third-order valence-corrected chi connectivity index (χ3v) is 9.46. The van der Waals surface area contributed by atoms with Crippen LogP contribution in [-0.4, -0.2) is 38.2 Å². The Balaban J connectivity index is 1.81. The number of benzene rings is 1. The molecule has 0 N–H and O–H groups in total. The minimum atomic E-state index is -1.71. The van der Waals surface area contributed by atoms with Crippen molar-refractivity contribution in [2.75, 3.05) is 13.2 Å². The number of carbonyl (C=O) groups excluding carboxylic acids is 2. The number of carbonyl (C=O) groups is 2. The van der Waals surface area contributed by atoms with Gasteiger partial charge in [-0.05, 0) is 43.1 Å². The number of hydrogen-bond donors (Lipinski definition) is 0. The Kier molecular flexibility index (Phi) is 5.11. The molecule has 0 aliphatic carbocycles. The summed E-state index contributed by atoms with van der Waals surface area (Å²) in [6.45, 7) is 12.3. The van der Waals surface area contributed by atoms with E-state index < -0.39 is 8.32 Å². The van der Waals surface area contributed by atoms with E-state index in [2.05, 4.69) is 33.9 Å². The third kappa shape index (κ3) is 3.72. The summed E-state index contributed by atoms with van der Waals surface area (Å²) in [5, 5.41) is 0.204. The molecule has 0 unspecified atom stereocenters. The van der Waals surface area contributed by atoms with Gasteiger partial charge in [-0.2, -0.15) is 0 Å². The molecular formula is C18H27NO3Si. The maximum absolute atomic E-state index is 12.2. The first kappa shape index (κ1) is 17.9. The van der Waals surface area contributed by atoms with Crippen molar-refractivity contribution < 1.29 is 14.0 Å². The molecule has 1 aliphatic heterocycles. The molecule has 0 radical (unpaired) electrons. The summed E-state index contributed by atoms with van der Waals surface area (Å²) < 4.78 is 6.12. The second-order valence-corrected chi connectivity index (χ2v) is 12.4. The van der Waals surface area contributed by atoms with Gasteiger partial charge in [-0.1, -0.05) is 32.9 Å². The monoisotopic (exact) mass is 333 g/mol. The number of fused-ring (bicyclic) bond motifs is 1. The van der Waals surface area contributed by atoms with Crippen molar-refractivity contribution in [2.45, 2.75) is 51.7 Å². The second-order valence-electron chi connectivity index (χ2n) is 7.62. The highest BCUT2D eigenvalue weighted by molar-refractivity contribution is 6.74. The van der Waals surface area contributed by atoms with Crippen LogP contribution in [-0.2, 0) is 4.43 Å². The van der Waals surface area contributed by atoms with Crippen molar-refractivity contribution >= 4 is 20.1 Å². The molecule has 0 bridgehead atoms. The Labute approximate surface area is 140 Å². The van der Waals surface area contributed by atoms with Gasteiger partial charge in [0.15, 0.2) is 8.32 Å². The molecule has 0 aromatic heterocycles. The summed E-state index contributed by atoms with van der Waals surface area (Å²) in [7, 11) is -1.71. The van der Waals surface area contributed by atoms with Gasteiger partial charge >= 0.3 is 0 Å². The molecule has 126 valence electrons. The van der Waals surface area contributed by atoms with Gasteiger partial charge in [0, 0.05) is 13.2 Å². The molecule has 0 saturated carbocycles. The van der Waals surface area contributed by atoms with E-state index in [-0.39, 0.29) is 16.9 Å². The Hall–Kier alpha value is -1.46. The number of rotatable bonds is 6. The fourth-order valence-electron chi connectivity index (χ4n) is 2.36. The van der Waals surface area contributed by atoms with Crippen molar-refractivity contribution in [3.05, 3.63) is 35.4 Å². The van der Waals surface area contributed by atoms with Crippen molar-refractivity contribution in [1.82, 2.24) is 4.90 Å². The summed E-state index contributed by atoms with van der Waals surface area (Å²) in [5.74, 6) is -0.341. The lowest BCUT2D eigenvalue weighted by Gasteiger charge is -2.36. The fraction of sp³-hybridized carbons (Fsp3) is 0.556. The number of hydrogen-bond acceptors (Lipinski definition) is 3. The quantitative estimate of drug-likeness (QED) is 0.447. The molecule has 0 saturated heterocycles. The Morgan fingerprint density at radius 3 is 2.00 bits per heavy atom. The molecular weight excluding hydrogens is 306 g/mol. The van der Waals surface area contributed by atoms with Crippen molar-refractivity contribution in [2.24, 2.45) is 0 Å². The Morgan fingerprint density at radius 2 is 1.52 bits per heavy atom. The summed E-state index contributed by atoms with van der Waals surface area (Å²) in [5.41, 5.74) is 1.05. The molecule has 1 aromatic rings. The van der Waals surface area contributed by atoms with E-state index in [0.717, 1.165) is 12.8 Å². The predicted octanol–water partition coefficient (Wildman–Crippen LogP) is 4.08. The molecule has 0 spiro atoms. The summed E-state index contributed by atoms with van der Waals surface area (Å²) in [6.07, 6.45) is 1.64. The van der Waals surface area contributed by atoms with Crippen LogP contribution in [0.4, 0.5) is 0 Å². The molecule has 23 heavy (non-hydrogen) atoms. The molecule has 0 atom stereocenters. The number of unbranched alkanes of at least 4 members (excludes halogenated alkanes) is 1. The average Bonchev–Trinajstić information content (AvgIpc) is 2.71. The van der Waals surface area contributed by atoms with Gasteiger partial charge in [0.05, 0.1) is 11.1 Å². The van der Waals surface area contributed by atoms with Crippen LogP contribution in [0.15, 0.2) is 24.3 Å². The van der Waals surface area contributed by atoms with Crippen molar-refractivity contribution in [3.8, 4) is 0 Å². The van der Waals surface area contributed by atoms with Crippen LogP contribution in [0.1, 0.15) is 54.3 Å². The van der Waals surface area contributed by atoms with Gasteiger partial charge in [0.25, 0.3) is 11.8 Å². The highest BCUT2D eigenvalue weighted by Crippen LogP contribution is 2.36. The fourth-order valence-corrected chi connectivity index (χ4v) is 3.45. The van der Waals surface area contributed by atoms with E-state index in [1.165, 1.54) is 4.90 Å². The van der Waals surface area contributed by atoms with Gasteiger partial charge < -0.3 is 4.43 Å². The Bertz CT molecular complexity index is 570. The minimum Gasteiger partial charge on any atom is -0.417 e. The number of imide groups is 1. The van der Waals surface area contributed by atoms with E-state index in [9.17, 15) is 9.59 Å². The van der Waals surface area contributed by atoms with Gasteiger partial charge in [0.1, 0.15) is 0 Å². The standard InChI is InChI=1S/C18H27NO3Si/c1-18(2,3)23(4,5)22-13-9-8-12-19-16(20)14-10-6-7-11-15(14)17(19)21/h6-7,10-11H,8-9,12-13H2,1-5H3. The van der Waals surface area contributed by atoms with Crippen LogP contribution >= 0.6 is 0 Å². The smallest absolute Gasteiger partial charge is 0.261 e. The zero-order valence-corrected chi connectivity index (χ0v) is 15.8. The molecule has 0 fully saturated rings. The first-order valence-electron chi connectivity index (χ1n) is 8.24. The molecule has 1 aromatic carbocycles. The maximum atomic E-state index is 12.2. The van der Waals surface area contributed by atoms with Crippen LogP contribution < -0.4 is 0 Å². The minimum absolute atomic E-state index is 0.170. The van der Waals surface area contributed by atoms with Crippen LogP contribution in [0.2, 0.25) is 18.1 Å². The lowest BCUT2D eigenvalue weighted by molar-refractivity contribution is 0.0649. The van der Waals surface area contributed by atoms with E-state index in [0.29, 0.717) is 24.3 Å². The van der Waals surface area contributed by atoms with E-state index in [4.69, 9.17) is 4.43 Å². The first-order valence-corrected chi connectivity index (χ1v) is 11.2. The van der Waals surface area contributed by atoms with Gasteiger partial charge in [-0.15, -0.1) is 0 Å². The molecule has 1 heterocycles. The highest BCUT2D eigenvalue weighted by atomic mass is 28.4. The summed E-state index contributed by atoms with van der Waals surface area (Å²) in [6, 6.07) is 7.02. The van der Waals surface area contributed by atoms with Crippen LogP contribution in [0.25, 0.3) is 0 Å². The van der Waals surface area contributed by atoms with Gasteiger partial charge in [0.2, 0.25) is 0 Å². The van der Waals surface area contributed by atoms with Crippen LogP contribution in [0, 0.1) is 0 Å². The van der Waals surface area contributed by atoms with E-state index in [1.807, 2.05) is 0 Å². The number of nitrogens with zero attached hydrogens (tertiary/aromatic N) is 1. The first-order chi connectivity index (χ1) is 10.6. The largest absolute Gasteiger partial charge is 0.417 e. The average molecular weight is 334 g/mol. The SMILES string of the molecule is CC(C)(C)[Si](C)(C)OCCCCN1C(=O)c2ccccc2C1=O. The summed E-state index contributed by atoms with van der Waals surface area (Å²) >= 11 is 0. The molecule has 2 amide bonds. The zero-order valence-electron chi connectivity index (χ0n) is 14.8. The molecule has 5 heteroatoms. The normalized spacial score (nSPS) is 15.3. The zero-order chi connectivity index (χ0) is 17.3. The predicted molar refractivity (Wildman–Crippen MR) is 94.2 cm³/mol. The van der Waals surface area contributed by atoms with Gasteiger partial charge in [-0.3, -0.25) is 14.5 Å². The van der Waals surface area contributed by atoms with Gasteiger partial charge in [-0.25, -0.2) is 0 Å². The third-order valence-electron chi connectivity index (χ3n) is 4.92. The molecule has 4 nitrogen and oxygen atoms in total. The lowest BCUT2D eigenvalue weighted by atomic mass is 10.1. The maximum Gasteiger partial charge on any atom is 0.261 e. The number of amides is 2. The van der Waals surface area contributed by atoms with E-state index >= 15 is 0 Å². The van der Waals surface area contributed by atoms with Crippen molar-refractivity contribution in [3.63, 3.8) is 0 Å². The second kappa shape index (κ2) is 6.57. The highest BCUT2D eigenvalue weighted by Gasteiger charge is 2.37. The van der Waals surface area contributed by atoms with Crippen molar-refractivity contribution in [1.29, 1.82) is 0 Å².